The minimum Gasteiger partial charge on any atom is -0.481 e. The molecule has 3 N–H and O–H groups in total. The second-order valence-electron chi connectivity index (χ2n) is 6.53. The topological polar surface area (TPSA) is 73.3 Å². The number of aryl methyl sites for hydroxylation is 1. The fourth-order valence-electron chi connectivity index (χ4n) is 3.13. The summed E-state index contributed by atoms with van der Waals surface area (Å²) in [5.41, 5.74) is 3.59. The number of aromatic nitrogens is 1. The van der Waals surface area contributed by atoms with E-state index < -0.39 is 11.6 Å². The average Bonchev–Trinajstić information content (AvgIpc) is 2.91. The molecular formula is C20H21NO3. The van der Waals surface area contributed by atoms with Crippen molar-refractivity contribution in [3.8, 4) is 11.3 Å². The Morgan fingerprint density at radius 2 is 1.79 bits per heavy atom. The predicted molar refractivity (Wildman–Crippen MR) is 94.9 cm³/mol. The Morgan fingerprint density at radius 3 is 2.42 bits per heavy atom. The third-order valence-electron chi connectivity index (χ3n) is 4.25. The molecule has 1 heterocycles. The Morgan fingerprint density at radius 1 is 1.08 bits per heavy atom. The highest BCUT2D eigenvalue weighted by Gasteiger charge is 2.23. The van der Waals surface area contributed by atoms with E-state index in [4.69, 9.17) is 5.11 Å². The molecule has 0 amide bonds. The van der Waals surface area contributed by atoms with E-state index in [1.54, 1.807) is 13.8 Å². The van der Waals surface area contributed by atoms with Crippen molar-refractivity contribution >= 4 is 16.9 Å². The molecule has 0 saturated heterocycles. The normalized spacial score (nSPS) is 11.8. The van der Waals surface area contributed by atoms with Gasteiger partial charge in [-0.15, -0.1) is 0 Å². The molecule has 3 aromatic rings. The van der Waals surface area contributed by atoms with Crippen LogP contribution in [0.25, 0.3) is 22.2 Å². The van der Waals surface area contributed by atoms with Crippen LogP contribution in [0.3, 0.4) is 0 Å². The van der Waals surface area contributed by atoms with Gasteiger partial charge in [0.25, 0.3) is 0 Å². The first-order valence-electron chi connectivity index (χ1n) is 8.01. The number of rotatable bonds is 5. The van der Waals surface area contributed by atoms with Gasteiger partial charge < -0.3 is 15.2 Å². The highest BCUT2D eigenvalue weighted by atomic mass is 16.4. The van der Waals surface area contributed by atoms with Crippen molar-refractivity contribution in [2.75, 3.05) is 0 Å². The van der Waals surface area contributed by atoms with Crippen LogP contribution in [0.1, 0.15) is 31.4 Å². The smallest absolute Gasteiger partial charge is 0.303 e. The summed E-state index contributed by atoms with van der Waals surface area (Å²) >= 11 is 0. The Labute approximate surface area is 140 Å². The van der Waals surface area contributed by atoms with Gasteiger partial charge >= 0.3 is 5.97 Å². The molecule has 0 saturated carbocycles. The van der Waals surface area contributed by atoms with Crippen molar-refractivity contribution in [3.63, 3.8) is 0 Å². The van der Waals surface area contributed by atoms with E-state index in [0.717, 1.165) is 33.3 Å². The van der Waals surface area contributed by atoms with Crippen molar-refractivity contribution in [2.45, 2.75) is 32.3 Å². The summed E-state index contributed by atoms with van der Waals surface area (Å²) in [6.07, 6.45) is 0.508. The van der Waals surface area contributed by atoms with Gasteiger partial charge in [0, 0.05) is 23.1 Å². The van der Waals surface area contributed by atoms with Gasteiger partial charge in [-0.1, -0.05) is 48.5 Å². The maximum atomic E-state index is 11.1. The second-order valence-corrected chi connectivity index (χ2v) is 6.53. The molecule has 0 aliphatic carbocycles. The van der Waals surface area contributed by atoms with Gasteiger partial charge in [-0.25, -0.2) is 0 Å². The van der Waals surface area contributed by atoms with Crippen molar-refractivity contribution < 1.29 is 15.0 Å². The van der Waals surface area contributed by atoms with Gasteiger partial charge in [-0.3, -0.25) is 4.79 Å². The van der Waals surface area contributed by atoms with Crippen molar-refractivity contribution in [3.05, 3.63) is 59.7 Å². The number of nitrogens with one attached hydrogen (secondary N) is 1. The van der Waals surface area contributed by atoms with E-state index in [1.807, 2.05) is 48.5 Å². The summed E-state index contributed by atoms with van der Waals surface area (Å²) in [4.78, 5) is 14.5. The molecular weight excluding hydrogens is 302 g/mol. The average molecular weight is 323 g/mol. The largest absolute Gasteiger partial charge is 0.481 e. The highest BCUT2D eigenvalue weighted by Crippen LogP contribution is 2.36. The minimum atomic E-state index is -0.984. The van der Waals surface area contributed by atoms with Crippen LogP contribution in [0, 0.1) is 0 Å². The molecule has 1 aromatic heterocycles. The number of H-pyrrole nitrogens is 1. The quantitative estimate of drug-likeness (QED) is 0.662. The number of carbonyl (C=O) groups is 1. The van der Waals surface area contributed by atoms with E-state index in [9.17, 15) is 9.90 Å². The number of aliphatic hydroxyl groups is 1. The molecule has 0 spiro atoms. The number of para-hydroxylation sites is 1. The van der Waals surface area contributed by atoms with Crippen molar-refractivity contribution in [2.24, 2.45) is 0 Å². The molecule has 0 bridgehead atoms. The Kier molecular flexibility index (Phi) is 4.16. The number of benzene rings is 2. The summed E-state index contributed by atoms with van der Waals surface area (Å²) in [5, 5.41) is 20.5. The zero-order valence-corrected chi connectivity index (χ0v) is 13.8. The predicted octanol–water partition coefficient (Wildman–Crippen LogP) is 4.08. The molecule has 0 atom stereocenters. The van der Waals surface area contributed by atoms with Crippen LogP contribution in [0.15, 0.2) is 48.5 Å². The number of fused-ring (bicyclic) bond motifs is 1. The standard InChI is InChI=1S/C20H21NO3/c1-20(2,24)16-10-6-9-14-15(11-12-17(22)23)18(21-19(14)16)13-7-4-3-5-8-13/h3-10,21,24H,11-12H2,1-2H3,(H,22,23). The number of hydrogen-bond acceptors (Lipinski definition) is 2. The van der Waals surface area contributed by atoms with E-state index in [0.29, 0.717) is 6.42 Å². The summed E-state index contributed by atoms with van der Waals surface area (Å²) in [6, 6.07) is 15.6. The fourth-order valence-corrected chi connectivity index (χ4v) is 3.13. The van der Waals surface area contributed by atoms with Crippen LogP contribution in [-0.2, 0) is 16.8 Å². The first-order valence-corrected chi connectivity index (χ1v) is 8.01. The van der Waals surface area contributed by atoms with E-state index >= 15 is 0 Å². The monoisotopic (exact) mass is 323 g/mol. The molecule has 124 valence electrons. The number of hydrogen-bond donors (Lipinski definition) is 3. The lowest BCUT2D eigenvalue weighted by Crippen LogP contribution is -2.15. The SMILES string of the molecule is CC(C)(O)c1cccc2c(CCC(=O)O)c(-c3ccccc3)[nH]c12. The van der Waals surface area contributed by atoms with Crippen molar-refractivity contribution in [1.82, 2.24) is 4.98 Å². The van der Waals surface area contributed by atoms with E-state index in [-0.39, 0.29) is 6.42 Å². The van der Waals surface area contributed by atoms with Gasteiger partial charge in [0.15, 0.2) is 0 Å². The summed E-state index contributed by atoms with van der Waals surface area (Å²) in [7, 11) is 0. The van der Waals surface area contributed by atoms with E-state index in [1.165, 1.54) is 0 Å². The molecule has 0 aliphatic heterocycles. The molecule has 2 aromatic carbocycles. The fraction of sp³-hybridized carbons (Fsp3) is 0.250. The van der Waals surface area contributed by atoms with Crippen LogP contribution in [0.5, 0.6) is 0 Å². The summed E-state index contributed by atoms with van der Waals surface area (Å²) < 4.78 is 0. The lowest BCUT2D eigenvalue weighted by molar-refractivity contribution is -0.136. The number of carboxylic acids is 1. The molecule has 0 aliphatic rings. The minimum absolute atomic E-state index is 0.0690. The Balaban J connectivity index is 2.25. The van der Waals surface area contributed by atoms with Gasteiger partial charge in [0.1, 0.15) is 0 Å². The zero-order chi connectivity index (χ0) is 17.3. The molecule has 4 heteroatoms. The van der Waals surface area contributed by atoms with Crippen LogP contribution in [0.4, 0.5) is 0 Å². The molecule has 0 fully saturated rings. The lowest BCUT2D eigenvalue weighted by Gasteiger charge is -2.18. The van der Waals surface area contributed by atoms with Crippen LogP contribution in [-0.4, -0.2) is 21.2 Å². The second kappa shape index (κ2) is 6.13. The lowest BCUT2D eigenvalue weighted by atomic mass is 9.94. The van der Waals surface area contributed by atoms with Gasteiger partial charge in [-0.2, -0.15) is 0 Å². The maximum Gasteiger partial charge on any atom is 0.303 e. The number of aromatic amines is 1. The molecule has 4 nitrogen and oxygen atoms in total. The molecule has 0 unspecified atom stereocenters. The third-order valence-corrected chi connectivity index (χ3v) is 4.25. The maximum absolute atomic E-state index is 11.1. The first kappa shape index (κ1) is 16.3. The van der Waals surface area contributed by atoms with Crippen LogP contribution < -0.4 is 0 Å². The number of carboxylic acid groups (broad SMARTS) is 1. The highest BCUT2D eigenvalue weighted by molar-refractivity contribution is 5.93. The van der Waals surface area contributed by atoms with E-state index in [2.05, 4.69) is 4.98 Å². The molecule has 0 radical (unpaired) electrons. The zero-order valence-electron chi connectivity index (χ0n) is 13.8. The van der Waals surface area contributed by atoms with Crippen LogP contribution in [0.2, 0.25) is 0 Å². The van der Waals surface area contributed by atoms with Gasteiger partial charge in [-0.05, 0) is 31.4 Å². The summed E-state index contributed by atoms with van der Waals surface area (Å²) in [5.74, 6) is -0.818. The third kappa shape index (κ3) is 3.05. The molecule has 3 rings (SSSR count). The van der Waals surface area contributed by atoms with Gasteiger partial charge in [0.05, 0.1) is 11.1 Å². The van der Waals surface area contributed by atoms with Gasteiger partial charge in [0.2, 0.25) is 0 Å². The first-order chi connectivity index (χ1) is 11.4. The molecule has 24 heavy (non-hydrogen) atoms. The van der Waals surface area contributed by atoms with Crippen molar-refractivity contribution in [1.29, 1.82) is 0 Å². The number of aliphatic carboxylic acids is 1. The van der Waals surface area contributed by atoms with Crippen LogP contribution >= 0.6 is 0 Å². The Hall–Kier alpha value is -2.59. The summed E-state index contributed by atoms with van der Waals surface area (Å²) in [6.45, 7) is 3.50. The Bertz CT molecular complexity index is 873.